The van der Waals surface area contributed by atoms with Crippen LogP contribution in [0.2, 0.25) is 0 Å². The molecule has 1 unspecified atom stereocenters. The average molecular weight is 238 g/mol. The van der Waals surface area contributed by atoms with Crippen LogP contribution >= 0.6 is 0 Å². The van der Waals surface area contributed by atoms with Crippen molar-refractivity contribution >= 4 is 5.78 Å². The second kappa shape index (κ2) is 4.67. The lowest BCUT2D eigenvalue weighted by Gasteiger charge is -2.11. The third kappa shape index (κ3) is 2.36. The fourth-order valence-corrected chi connectivity index (χ4v) is 1.92. The van der Waals surface area contributed by atoms with E-state index in [2.05, 4.69) is 4.98 Å². The number of hydrogen-bond donors (Lipinski definition) is 1. The van der Waals surface area contributed by atoms with Crippen LogP contribution in [-0.2, 0) is 11.3 Å². The molecule has 1 aliphatic rings. The van der Waals surface area contributed by atoms with Gasteiger partial charge in [-0.15, -0.1) is 0 Å². The van der Waals surface area contributed by atoms with Crippen molar-refractivity contribution in [3.63, 3.8) is 0 Å². The highest BCUT2D eigenvalue weighted by Gasteiger charge is 2.19. The summed E-state index contributed by atoms with van der Waals surface area (Å²) >= 11 is 0. The van der Waals surface area contributed by atoms with Crippen molar-refractivity contribution in [2.45, 2.75) is 32.4 Å². The van der Waals surface area contributed by atoms with Gasteiger partial charge in [-0.1, -0.05) is 0 Å². The Bertz CT molecular complexity index is 537. The van der Waals surface area contributed by atoms with Crippen molar-refractivity contribution in [2.24, 2.45) is 0 Å². The van der Waals surface area contributed by atoms with Gasteiger partial charge in [0.2, 0.25) is 0 Å². The maximum Gasteiger partial charge on any atom is 0.328 e. The molecule has 1 aromatic rings. The molecule has 1 atom stereocenters. The SMILES string of the molecule is CC(=O)c1c[nH]c(=O)n(CC2CCCO2)c1=O. The highest BCUT2D eigenvalue weighted by atomic mass is 16.5. The molecule has 0 amide bonds. The van der Waals surface area contributed by atoms with Crippen LogP contribution in [0.1, 0.15) is 30.1 Å². The van der Waals surface area contributed by atoms with Crippen LogP contribution in [0.4, 0.5) is 0 Å². The van der Waals surface area contributed by atoms with Crippen LogP contribution in [0, 0.1) is 0 Å². The number of nitrogens with one attached hydrogen (secondary N) is 1. The second-order valence-electron chi connectivity index (χ2n) is 4.11. The molecule has 0 radical (unpaired) electrons. The Morgan fingerprint density at radius 1 is 1.59 bits per heavy atom. The van der Waals surface area contributed by atoms with Gasteiger partial charge in [-0.25, -0.2) is 4.79 Å². The Hall–Kier alpha value is -1.69. The van der Waals surface area contributed by atoms with Crippen molar-refractivity contribution < 1.29 is 9.53 Å². The minimum atomic E-state index is -0.545. The largest absolute Gasteiger partial charge is 0.376 e. The van der Waals surface area contributed by atoms with E-state index >= 15 is 0 Å². The van der Waals surface area contributed by atoms with Gasteiger partial charge >= 0.3 is 5.69 Å². The van der Waals surface area contributed by atoms with Gasteiger partial charge in [-0.3, -0.25) is 14.2 Å². The second-order valence-corrected chi connectivity index (χ2v) is 4.11. The van der Waals surface area contributed by atoms with Crippen LogP contribution in [0.15, 0.2) is 15.8 Å². The smallest absolute Gasteiger partial charge is 0.328 e. The van der Waals surface area contributed by atoms with Gasteiger partial charge in [-0.05, 0) is 19.8 Å². The van der Waals surface area contributed by atoms with Gasteiger partial charge in [0.05, 0.1) is 18.2 Å². The van der Waals surface area contributed by atoms with Crippen LogP contribution in [0.25, 0.3) is 0 Å². The molecule has 2 heterocycles. The summed E-state index contributed by atoms with van der Waals surface area (Å²) in [6, 6.07) is 0. The van der Waals surface area contributed by atoms with Crippen molar-refractivity contribution in [3.8, 4) is 0 Å². The monoisotopic (exact) mass is 238 g/mol. The molecule has 1 aliphatic heterocycles. The number of aromatic amines is 1. The first-order valence-electron chi connectivity index (χ1n) is 5.54. The lowest BCUT2D eigenvalue weighted by Crippen LogP contribution is -2.40. The highest BCUT2D eigenvalue weighted by Crippen LogP contribution is 2.12. The van der Waals surface area contributed by atoms with Gasteiger partial charge in [-0.2, -0.15) is 0 Å². The number of carbonyl (C=O) groups is 1. The van der Waals surface area contributed by atoms with E-state index in [0.717, 1.165) is 17.4 Å². The molecule has 0 aliphatic carbocycles. The number of ketones is 1. The topological polar surface area (TPSA) is 81.2 Å². The first-order valence-corrected chi connectivity index (χ1v) is 5.54. The lowest BCUT2D eigenvalue weighted by atomic mass is 10.2. The molecule has 17 heavy (non-hydrogen) atoms. The van der Waals surface area contributed by atoms with Crippen molar-refractivity contribution in [1.82, 2.24) is 9.55 Å². The van der Waals surface area contributed by atoms with E-state index in [0.29, 0.717) is 6.61 Å². The lowest BCUT2D eigenvalue weighted by molar-refractivity contribution is 0.0940. The Labute approximate surface area is 97.2 Å². The summed E-state index contributed by atoms with van der Waals surface area (Å²) in [5, 5.41) is 0. The minimum absolute atomic E-state index is 0.00240. The zero-order chi connectivity index (χ0) is 12.4. The number of ether oxygens (including phenoxy) is 1. The standard InChI is InChI=1S/C11H14N2O4/c1-7(14)9-5-12-11(16)13(10(9)15)6-8-3-2-4-17-8/h5,8H,2-4,6H2,1H3,(H,12,16). The predicted molar refractivity (Wildman–Crippen MR) is 60.3 cm³/mol. The van der Waals surface area contributed by atoms with Crippen LogP contribution in [0.5, 0.6) is 0 Å². The van der Waals surface area contributed by atoms with Gasteiger partial charge < -0.3 is 9.72 Å². The molecule has 6 nitrogen and oxygen atoms in total. The van der Waals surface area contributed by atoms with Gasteiger partial charge in [0.25, 0.3) is 5.56 Å². The third-order valence-electron chi connectivity index (χ3n) is 2.85. The Balaban J connectivity index is 2.38. The number of aromatic nitrogens is 2. The fourth-order valence-electron chi connectivity index (χ4n) is 1.92. The van der Waals surface area contributed by atoms with E-state index in [1.54, 1.807) is 0 Å². The van der Waals surface area contributed by atoms with Gasteiger partial charge in [0.1, 0.15) is 0 Å². The van der Waals surface area contributed by atoms with E-state index in [-0.39, 0.29) is 24.0 Å². The van der Waals surface area contributed by atoms with Crippen molar-refractivity contribution in [2.75, 3.05) is 6.61 Å². The molecule has 1 saturated heterocycles. The molecule has 0 spiro atoms. The third-order valence-corrected chi connectivity index (χ3v) is 2.85. The quantitative estimate of drug-likeness (QED) is 0.747. The molecule has 0 aromatic carbocycles. The van der Waals surface area contributed by atoms with Crippen molar-refractivity contribution in [3.05, 3.63) is 32.6 Å². The maximum absolute atomic E-state index is 11.9. The number of nitrogens with zero attached hydrogens (tertiary/aromatic N) is 1. The van der Waals surface area contributed by atoms with Gasteiger partial charge in [0, 0.05) is 12.8 Å². The Morgan fingerprint density at radius 2 is 2.35 bits per heavy atom. The normalized spacial score (nSPS) is 19.5. The Kier molecular flexibility index (Phi) is 3.23. The molecule has 1 fully saturated rings. The fraction of sp³-hybridized carbons (Fsp3) is 0.545. The molecular weight excluding hydrogens is 224 g/mol. The van der Waals surface area contributed by atoms with E-state index in [9.17, 15) is 14.4 Å². The molecule has 2 rings (SSSR count). The minimum Gasteiger partial charge on any atom is -0.376 e. The number of H-pyrrole nitrogens is 1. The molecule has 1 N–H and O–H groups in total. The van der Waals surface area contributed by atoms with E-state index in [1.165, 1.54) is 13.1 Å². The molecule has 6 heteroatoms. The summed E-state index contributed by atoms with van der Waals surface area (Å²) in [7, 11) is 0. The summed E-state index contributed by atoms with van der Waals surface area (Å²) in [4.78, 5) is 37.0. The average Bonchev–Trinajstić information content (AvgIpc) is 2.76. The van der Waals surface area contributed by atoms with Crippen molar-refractivity contribution in [1.29, 1.82) is 0 Å². The summed E-state index contributed by atoms with van der Waals surface area (Å²) in [6.45, 7) is 2.16. The zero-order valence-electron chi connectivity index (χ0n) is 9.56. The van der Waals surface area contributed by atoms with E-state index in [1.807, 2.05) is 0 Å². The number of rotatable bonds is 3. The highest BCUT2D eigenvalue weighted by molar-refractivity contribution is 5.93. The first kappa shape index (κ1) is 11.8. The zero-order valence-corrected chi connectivity index (χ0v) is 9.56. The van der Waals surface area contributed by atoms with Crippen LogP contribution < -0.4 is 11.2 Å². The number of Topliss-reactive ketones (excluding diaryl/α,β-unsaturated/α-hetero) is 1. The summed E-state index contributed by atoms with van der Waals surface area (Å²) in [5.74, 6) is -0.354. The van der Waals surface area contributed by atoms with E-state index < -0.39 is 11.2 Å². The molecule has 1 aromatic heterocycles. The maximum atomic E-state index is 11.9. The number of hydrogen-bond acceptors (Lipinski definition) is 4. The summed E-state index contributed by atoms with van der Waals surface area (Å²) in [5.41, 5.74) is -1.05. The first-order chi connectivity index (χ1) is 8.09. The van der Waals surface area contributed by atoms with Crippen LogP contribution in [-0.4, -0.2) is 28.0 Å². The molecule has 0 bridgehead atoms. The number of carbonyl (C=O) groups excluding carboxylic acids is 1. The molecule has 0 saturated carbocycles. The Morgan fingerprint density at radius 3 is 2.94 bits per heavy atom. The molecular formula is C11H14N2O4. The molecule has 92 valence electrons. The van der Waals surface area contributed by atoms with Gasteiger partial charge in [0.15, 0.2) is 5.78 Å². The summed E-state index contributed by atoms with van der Waals surface area (Å²) < 4.78 is 6.40. The summed E-state index contributed by atoms with van der Waals surface area (Å²) in [6.07, 6.45) is 2.81. The van der Waals surface area contributed by atoms with E-state index in [4.69, 9.17) is 4.74 Å². The van der Waals surface area contributed by atoms with Crippen LogP contribution in [0.3, 0.4) is 0 Å². The predicted octanol–water partition coefficient (Wildman–Crippen LogP) is -0.0818.